The van der Waals surface area contributed by atoms with Crippen molar-refractivity contribution in [2.24, 2.45) is 5.41 Å². The number of nitrogens with zero attached hydrogens (tertiary/aromatic N) is 2. The molecule has 15 aliphatic carbocycles. The summed E-state index contributed by atoms with van der Waals surface area (Å²) >= 11 is 0. The van der Waals surface area contributed by atoms with Crippen LogP contribution in [0.2, 0.25) is 0 Å². The Morgan fingerprint density at radius 3 is 1.50 bits per heavy atom. The van der Waals surface area contributed by atoms with Gasteiger partial charge < -0.3 is 56.9 Å². The lowest BCUT2D eigenvalue weighted by molar-refractivity contribution is -0.881. The van der Waals surface area contributed by atoms with Crippen LogP contribution in [0.5, 0.6) is 0 Å². The second-order valence-corrected chi connectivity index (χ2v) is 30.3. The summed E-state index contributed by atoms with van der Waals surface area (Å²) < 4.78 is 2.29. The van der Waals surface area contributed by atoms with Crippen LogP contribution in [0.15, 0.2) is 0 Å². The molecule has 2 nitrogen and oxygen atoms in total. The van der Waals surface area contributed by atoms with Crippen LogP contribution in [0.1, 0.15) is 113 Å². The van der Waals surface area contributed by atoms with Gasteiger partial charge in [-0.3, -0.25) is 0 Å². The number of quaternary nitrogens is 2. The number of benzene rings is 12. The molecule has 2 fully saturated rings. The van der Waals surface area contributed by atoms with E-state index in [-0.39, 0.29) is 69.6 Å². The third kappa shape index (κ3) is 1.62. The zero-order valence-corrected chi connectivity index (χ0v) is 43.3. The van der Waals surface area contributed by atoms with Gasteiger partial charge in [-0.1, -0.05) is 0 Å². The first kappa shape index (κ1) is 30.9. The van der Waals surface area contributed by atoms with Crippen LogP contribution in [0.4, 0.5) is 0 Å². The van der Waals surface area contributed by atoms with Crippen molar-refractivity contribution in [3.63, 3.8) is 0 Å². The number of hydrogen-bond donors (Lipinski definition) is 0. The average Bonchev–Trinajstić information content (AvgIpc) is 4.20. The summed E-state index contributed by atoms with van der Waals surface area (Å²) in [4.78, 5) is 0. The first-order chi connectivity index (χ1) is 34.3. The maximum absolute atomic E-state index is 2.73. The van der Waals surface area contributed by atoms with E-state index in [4.69, 9.17) is 0 Å². The number of likely N-dealkylation sites (tertiary alicyclic amines) is 2. The summed E-state index contributed by atoms with van der Waals surface area (Å²) in [6.45, 7) is 5.13. The van der Waals surface area contributed by atoms with E-state index in [9.17, 15) is 0 Å². The van der Waals surface area contributed by atoms with Crippen molar-refractivity contribution in [2.75, 3.05) is 54.4 Å². The number of hydrogen-bond acceptors (Lipinski definition) is 0. The van der Waals surface area contributed by atoms with Gasteiger partial charge in [-0.25, -0.2) is 0 Å². The number of allylic oxidation sites excluding steroid dienone is 1. The predicted molar refractivity (Wildman–Crippen MR) is 279 cm³/mol. The minimum absolute atomic E-state index is 0. The maximum Gasteiger partial charge on any atom is 0.0934 e. The van der Waals surface area contributed by atoms with Crippen LogP contribution in [0.3, 0.4) is 0 Å². The van der Waals surface area contributed by atoms with E-state index in [0.717, 1.165) is 8.97 Å². The molecule has 17 aromatic rings. The Labute approximate surface area is 437 Å². The molecule has 17 aromatic carbocycles. The Morgan fingerprint density at radius 2 is 0.792 bits per heavy atom. The fraction of sp³-hybridized carbons (Fsp3) is 0.265. The highest BCUT2D eigenvalue weighted by Crippen LogP contribution is 2.95. The van der Waals surface area contributed by atoms with E-state index in [2.05, 4.69) is 28.2 Å². The molecule has 34 rings (SSSR count). The molecule has 2 aliphatic heterocycles. The number of halogens is 2. The van der Waals surface area contributed by atoms with Crippen molar-refractivity contribution in [3.05, 3.63) is 83.1 Å². The Bertz CT molecular complexity index is 6490. The van der Waals surface area contributed by atoms with Crippen molar-refractivity contribution in [2.45, 2.75) is 51.8 Å². The molecule has 2 saturated heterocycles. The van der Waals surface area contributed by atoms with Crippen molar-refractivity contribution in [3.8, 4) is 11.1 Å². The van der Waals surface area contributed by atoms with Gasteiger partial charge in [0.25, 0.3) is 0 Å². The van der Waals surface area contributed by atoms with Gasteiger partial charge in [0, 0.05) is 35.5 Å². The Balaban J connectivity index is 0.00000163. The third-order valence-electron chi connectivity index (χ3n) is 29.1. The van der Waals surface area contributed by atoms with E-state index in [1.807, 2.05) is 159 Å². The van der Waals surface area contributed by atoms with E-state index in [0.29, 0.717) is 35.5 Å². The first-order valence-corrected chi connectivity index (χ1v) is 27.7. The third-order valence-corrected chi connectivity index (χ3v) is 29.1. The topological polar surface area (TPSA) is 0 Å². The minimum atomic E-state index is -0.0130. The molecule has 4 spiro atoms. The molecular formula is C68H26I2N2. The molecule has 0 saturated carbocycles. The molecule has 0 radical (unpaired) electrons. The highest BCUT2D eigenvalue weighted by molar-refractivity contribution is 6.72. The van der Waals surface area contributed by atoms with Gasteiger partial charge in [-0.2, -0.15) is 0 Å². The van der Waals surface area contributed by atoms with Gasteiger partial charge in [-0.05, 0) is 273 Å². The summed E-state index contributed by atoms with van der Waals surface area (Å²) in [6.07, 6.45) is 0. The fourth-order valence-corrected chi connectivity index (χ4v) is 30.6. The van der Waals surface area contributed by atoms with Crippen molar-refractivity contribution in [1.29, 1.82) is 0 Å². The molecule has 10 atom stereocenters. The van der Waals surface area contributed by atoms with Crippen LogP contribution in [-0.4, -0.2) is 63.3 Å². The molecule has 0 N–H and O–H groups in total. The van der Waals surface area contributed by atoms with Gasteiger partial charge in [0.2, 0.25) is 0 Å². The molecule has 0 unspecified atom stereocenters. The monoisotopic (exact) mass is 1120 g/mol. The number of rotatable bonds is 0. The molecule has 0 aromatic heterocycles. The van der Waals surface area contributed by atoms with Gasteiger partial charge in [0.15, 0.2) is 0 Å². The van der Waals surface area contributed by atoms with E-state index >= 15 is 0 Å². The Kier molecular flexibility index (Phi) is 2.89. The molecule has 72 heavy (non-hydrogen) atoms. The molecule has 17 aliphatic rings. The molecule has 322 valence electrons. The molecule has 2 heterocycles. The van der Waals surface area contributed by atoms with E-state index in [1.165, 1.54) is 26.2 Å². The molecule has 4 heteroatoms. The standard InChI is InChI=1S/C68H26N2.2HI/c1-69(2)5-65-57-41-29-17-9-10-14-11-15-23-31(19(11)17)43(41)59(65)49-37(23)28-36-26(15)34-22(14)30-18(10)20-12-13(9)21(29)33-25-16(12)24-32(20)44-42(30)58-46(34)48(36)62-54-39(28)51(49)63-55-53-40-27(35(25)47(45(33)57)61(53)67(63,65)7-69)38(24)50-52(40)64(56(54)55)68(62)8-70(3,4)6-66(58,68)60(44)50;;/h39,47,50,54,60-61H,5-8H2,1-4H3;2*1H/q+2;;/p-2/t39-,47+,50+,54-,60-,61-,65+,66+,67-,68-;;/m0../s1. The summed E-state index contributed by atoms with van der Waals surface area (Å²) in [6, 6.07) is 0. The molecular weight excluding hydrogens is 1100 g/mol. The van der Waals surface area contributed by atoms with Crippen molar-refractivity contribution >= 4 is 178 Å². The predicted octanol–water partition coefficient (Wildman–Crippen LogP) is 6.61. The van der Waals surface area contributed by atoms with Crippen molar-refractivity contribution in [1.82, 2.24) is 0 Å². The Morgan fingerprint density at radius 1 is 0.306 bits per heavy atom. The summed E-state index contributed by atoms with van der Waals surface area (Å²) in [5.41, 5.74) is 36.8. The highest BCUT2D eigenvalue weighted by atomic mass is 127. The van der Waals surface area contributed by atoms with Gasteiger partial charge in [0.1, 0.15) is 0 Å². The van der Waals surface area contributed by atoms with Crippen LogP contribution >= 0.6 is 0 Å². The highest BCUT2D eigenvalue weighted by Gasteiger charge is 2.88. The minimum Gasteiger partial charge on any atom is -1.00 e. The lowest BCUT2D eigenvalue weighted by atomic mass is 9.42. The summed E-state index contributed by atoms with van der Waals surface area (Å²) in [5.74, 6) is 2.96. The van der Waals surface area contributed by atoms with Crippen LogP contribution in [0.25, 0.3) is 189 Å². The van der Waals surface area contributed by atoms with Gasteiger partial charge in [0.05, 0.1) is 76.0 Å². The lowest BCUT2D eigenvalue weighted by Gasteiger charge is -2.56. The van der Waals surface area contributed by atoms with E-state index in [1.54, 1.807) is 113 Å². The van der Waals surface area contributed by atoms with Gasteiger partial charge >= 0.3 is 0 Å². The quantitative estimate of drug-likeness (QED) is 0.0913. The van der Waals surface area contributed by atoms with Crippen LogP contribution in [0, 0.1) is 5.41 Å². The smallest absolute Gasteiger partial charge is 0.0934 e. The summed E-state index contributed by atoms with van der Waals surface area (Å²) in [7, 11) is 10.9. The second-order valence-electron chi connectivity index (χ2n) is 30.3. The van der Waals surface area contributed by atoms with Crippen LogP contribution in [-0.2, 0) is 16.2 Å². The fourth-order valence-electron chi connectivity index (χ4n) is 30.6. The maximum atomic E-state index is 2.73. The number of likely N-dealkylation sites (N-methyl/N-ethyl adjacent to an activating group) is 2. The Hall–Kier alpha value is -5.12. The second kappa shape index (κ2) is 6.74. The van der Waals surface area contributed by atoms with Crippen LogP contribution < -0.4 is 53.2 Å². The molecule has 0 amide bonds. The SMILES string of the molecule is C[N+]1(C)C[C@]23c4c5c6c7c8c9c%10c%11c%12c%13c%14c%15c%16c%17c%18c%19c%20c(c2c2c4c4c6c6c8c%10c8c%12c%10c%14c(c%15%19)c%12c%20c2c2c4c6c8c%10c%122)[C@@H]%18[C@H]2c4c6c8c%10c(c4-%17)[C@@H]%16[C@H]%13[C@@]%114C[N+](C)(C)C[C@]%104C=9[C@H]8[C@@H]7C5=C6[C@]23C1.[I-].[I-]. The van der Waals surface area contributed by atoms with Gasteiger partial charge in [-0.15, -0.1) is 0 Å². The first-order valence-electron chi connectivity index (χ1n) is 27.7. The van der Waals surface area contributed by atoms with Crippen molar-refractivity contribution < 1.29 is 56.9 Å². The zero-order chi connectivity index (χ0) is 42.2. The molecule has 0 bridgehead atoms. The average molecular weight is 1120 g/mol. The normalized spacial score (nSPS) is 37.1. The zero-order valence-electron chi connectivity index (χ0n) is 38.9. The lowest BCUT2D eigenvalue weighted by Crippen LogP contribution is -3.00. The largest absolute Gasteiger partial charge is 1.00 e. The van der Waals surface area contributed by atoms with E-state index < -0.39 is 0 Å². The summed E-state index contributed by atoms with van der Waals surface area (Å²) in [5, 5.41) is 55.2.